The molecule has 3 aromatic rings. The van der Waals surface area contributed by atoms with Crippen molar-refractivity contribution in [3.8, 4) is 0 Å². The van der Waals surface area contributed by atoms with Crippen molar-refractivity contribution in [2.24, 2.45) is 0 Å². The zero-order chi connectivity index (χ0) is 20.3. The zero-order valence-electron chi connectivity index (χ0n) is 16.7. The molecule has 2 amide bonds. The van der Waals surface area contributed by atoms with Gasteiger partial charge in [-0.1, -0.05) is 36.4 Å². The first-order valence-corrected chi connectivity index (χ1v) is 9.45. The van der Waals surface area contributed by atoms with Gasteiger partial charge in [0, 0.05) is 16.7 Å². The third-order valence-corrected chi connectivity index (χ3v) is 4.52. The summed E-state index contributed by atoms with van der Waals surface area (Å²) in [6, 6.07) is 20.9. The molecule has 0 saturated heterocycles. The fourth-order valence-corrected chi connectivity index (χ4v) is 3.03. The summed E-state index contributed by atoms with van der Waals surface area (Å²) in [4.78, 5) is 24.8. The molecule has 3 rings (SSSR count). The summed E-state index contributed by atoms with van der Waals surface area (Å²) < 4.78 is 0. The standard InChI is InChI=1S/C24H26N2O2/c1-16(20-14-9-17-7-5-6-8-21(17)15-20)25-22(27)18-10-12-19(13-11-18)23(28)26-24(2,3)4/h5-16H,1-4H3,(H,25,27)(H,26,28). The maximum atomic E-state index is 12.6. The van der Waals surface area contributed by atoms with Crippen LogP contribution in [-0.4, -0.2) is 17.4 Å². The van der Waals surface area contributed by atoms with Gasteiger partial charge in [-0.05, 0) is 74.4 Å². The van der Waals surface area contributed by atoms with E-state index in [0.717, 1.165) is 10.9 Å². The molecule has 1 unspecified atom stereocenters. The van der Waals surface area contributed by atoms with Gasteiger partial charge in [0.1, 0.15) is 0 Å². The zero-order valence-corrected chi connectivity index (χ0v) is 16.7. The van der Waals surface area contributed by atoms with Gasteiger partial charge in [-0.2, -0.15) is 0 Å². The monoisotopic (exact) mass is 374 g/mol. The number of hydrogen-bond acceptors (Lipinski definition) is 2. The molecule has 1 atom stereocenters. The van der Waals surface area contributed by atoms with E-state index in [4.69, 9.17) is 0 Å². The highest BCUT2D eigenvalue weighted by Gasteiger charge is 2.16. The second-order valence-corrected chi connectivity index (χ2v) is 8.08. The van der Waals surface area contributed by atoms with Crippen LogP contribution in [0.5, 0.6) is 0 Å². The normalized spacial score (nSPS) is 12.4. The fraction of sp³-hybridized carbons (Fsp3) is 0.250. The Kier molecular flexibility index (Phi) is 5.50. The van der Waals surface area contributed by atoms with E-state index in [0.29, 0.717) is 11.1 Å². The van der Waals surface area contributed by atoms with E-state index in [1.165, 1.54) is 5.39 Å². The van der Waals surface area contributed by atoms with E-state index in [-0.39, 0.29) is 23.4 Å². The van der Waals surface area contributed by atoms with Gasteiger partial charge in [0.2, 0.25) is 0 Å². The number of amides is 2. The fourth-order valence-electron chi connectivity index (χ4n) is 3.03. The van der Waals surface area contributed by atoms with Gasteiger partial charge in [0.15, 0.2) is 0 Å². The highest BCUT2D eigenvalue weighted by Crippen LogP contribution is 2.20. The van der Waals surface area contributed by atoms with E-state index in [2.05, 4.69) is 34.9 Å². The summed E-state index contributed by atoms with van der Waals surface area (Å²) in [5, 5.41) is 8.26. The lowest BCUT2D eigenvalue weighted by molar-refractivity contribution is 0.0913. The molecule has 2 N–H and O–H groups in total. The summed E-state index contributed by atoms with van der Waals surface area (Å²) >= 11 is 0. The van der Waals surface area contributed by atoms with E-state index < -0.39 is 0 Å². The molecule has 4 nitrogen and oxygen atoms in total. The van der Waals surface area contributed by atoms with Crippen LogP contribution in [0.3, 0.4) is 0 Å². The molecule has 0 aliphatic rings. The first-order chi connectivity index (χ1) is 13.2. The molecule has 0 fully saturated rings. The first-order valence-electron chi connectivity index (χ1n) is 9.45. The van der Waals surface area contributed by atoms with E-state index in [1.54, 1.807) is 24.3 Å². The number of hydrogen-bond donors (Lipinski definition) is 2. The smallest absolute Gasteiger partial charge is 0.251 e. The molecule has 0 aliphatic carbocycles. The second kappa shape index (κ2) is 7.85. The maximum Gasteiger partial charge on any atom is 0.251 e. The molecule has 28 heavy (non-hydrogen) atoms. The Balaban J connectivity index is 1.68. The van der Waals surface area contributed by atoms with Crippen molar-refractivity contribution >= 4 is 22.6 Å². The van der Waals surface area contributed by atoms with Crippen molar-refractivity contribution in [3.05, 3.63) is 83.4 Å². The minimum absolute atomic E-state index is 0.124. The van der Waals surface area contributed by atoms with Crippen LogP contribution in [-0.2, 0) is 0 Å². The van der Waals surface area contributed by atoms with Crippen LogP contribution in [0.1, 0.15) is 60.0 Å². The summed E-state index contributed by atoms with van der Waals surface area (Å²) in [6.07, 6.45) is 0. The molecule has 4 heteroatoms. The first kappa shape index (κ1) is 19.6. The van der Waals surface area contributed by atoms with Crippen LogP contribution < -0.4 is 10.6 Å². The van der Waals surface area contributed by atoms with Gasteiger partial charge in [-0.15, -0.1) is 0 Å². The Morgan fingerprint density at radius 2 is 1.36 bits per heavy atom. The van der Waals surface area contributed by atoms with Crippen LogP contribution >= 0.6 is 0 Å². The predicted octanol–water partition coefficient (Wildman–Crippen LogP) is 4.86. The van der Waals surface area contributed by atoms with E-state index >= 15 is 0 Å². The number of carbonyl (C=O) groups is 2. The van der Waals surface area contributed by atoms with Crippen LogP contribution in [0, 0.1) is 0 Å². The Morgan fingerprint density at radius 3 is 1.96 bits per heavy atom. The van der Waals surface area contributed by atoms with Crippen molar-refractivity contribution in [2.45, 2.75) is 39.3 Å². The van der Waals surface area contributed by atoms with E-state index in [1.807, 2.05) is 45.9 Å². The molecule has 0 heterocycles. The number of fused-ring (bicyclic) bond motifs is 1. The van der Waals surface area contributed by atoms with Crippen LogP contribution in [0.4, 0.5) is 0 Å². The van der Waals surface area contributed by atoms with Crippen molar-refractivity contribution < 1.29 is 9.59 Å². The largest absolute Gasteiger partial charge is 0.347 e. The van der Waals surface area contributed by atoms with Gasteiger partial charge in [-0.3, -0.25) is 9.59 Å². The number of carbonyl (C=O) groups excluding carboxylic acids is 2. The Hall–Kier alpha value is -3.14. The van der Waals surface area contributed by atoms with Gasteiger partial charge in [-0.25, -0.2) is 0 Å². The third-order valence-electron chi connectivity index (χ3n) is 4.52. The topological polar surface area (TPSA) is 58.2 Å². The number of nitrogens with one attached hydrogen (secondary N) is 2. The molecule has 0 aromatic heterocycles. The van der Waals surface area contributed by atoms with Gasteiger partial charge in [0.25, 0.3) is 11.8 Å². The molecule has 144 valence electrons. The van der Waals surface area contributed by atoms with E-state index in [9.17, 15) is 9.59 Å². The minimum Gasteiger partial charge on any atom is -0.347 e. The number of rotatable bonds is 4. The molecule has 3 aromatic carbocycles. The molecular formula is C24H26N2O2. The lowest BCUT2D eigenvalue weighted by atomic mass is 10.0. The van der Waals surface area contributed by atoms with Crippen molar-refractivity contribution in [1.82, 2.24) is 10.6 Å². The van der Waals surface area contributed by atoms with Crippen molar-refractivity contribution in [3.63, 3.8) is 0 Å². The highest BCUT2D eigenvalue weighted by atomic mass is 16.2. The van der Waals surface area contributed by atoms with Crippen LogP contribution in [0.2, 0.25) is 0 Å². The quantitative estimate of drug-likeness (QED) is 0.685. The summed E-state index contributed by atoms with van der Waals surface area (Å²) in [6.45, 7) is 7.76. The Morgan fingerprint density at radius 1 is 0.786 bits per heavy atom. The molecule has 0 aliphatic heterocycles. The SMILES string of the molecule is CC(NC(=O)c1ccc(C(=O)NC(C)(C)C)cc1)c1ccc2ccccc2c1. The second-order valence-electron chi connectivity index (χ2n) is 8.08. The Labute approximate surface area is 166 Å². The highest BCUT2D eigenvalue weighted by molar-refractivity contribution is 5.98. The molecule has 0 spiro atoms. The minimum atomic E-state index is -0.303. The van der Waals surface area contributed by atoms with Crippen molar-refractivity contribution in [2.75, 3.05) is 0 Å². The summed E-state index contributed by atoms with van der Waals surface area (Å²) in [5.74, 6) is -0.313. The van der Waals surface area contributed by atoms with Gasteiger partial charge >= 0.3 is 0 Å². The predicted molar refractivity (Wildman–Crippen MR) is 113 cm³/mol. The van der Waals surface area contributed by atoms with Crippen LogP contribution in [0.25, 0.3) is 10.8 Å². The Bertz CT molecular complexity index is 1000. The molecule has 0 radical (unpaired) electrons. The number of benzene rings is 3. The maximum absolute atomic E-state index is 12.6. The average molecular weight is 374 g/mol. The lowest BCUT2D eigenvalue weighted by Gasteiger charge is -2.20. The molecule has 0 bridgehead atoms. The van der Waals surface area contributed by atoms with Gasteiger partial charge < -0.3 is 10.6 Å². The third kappa shape index (κ3) is 4.77. The molecular weight excluding hydrogens is 348 g/mol. The summed E-state index contributed by atoms with van der Waals surface area (Å²) in [5.41, 5.74) is 1.81. The molecule has 0 saturated carbocycles. The average Bonchev–Trinajstić information content (AvgIpc) is 2.66. The van der Waals surface area contributed by atoms with Gasteiger partial charge in [0.05, 0.1) is 6.04 Å². The lowest BCUT2D eigenvalue weighted by Crippen LogP contribution is -2.40. The van der Waals surface area contributed by atoms with Crippen LogP contribution in [0.15, 0.2) is 66.7 Å². The van der Waals surface area contributed by atoms with Crippen molar-refractivity contribution in [1.29, 1.82) is 0 Å². The summed E-state index contributed by atoms with van der Waals surface area (Å²) in [7, 11) is 0.